The first kappa shape index (κ1) is 10.2. The maximum absolute atomic E-state index is 9.39. The molecule has 0 aliphatic rings. The van der Waals surface area contributed by atoms with Gasteiger partial charge in [-0.1, -0.05) is 29.4 Å². The SMILES string of the molecule is Cc1ccc(C=CCN=[N+]=[N-])cc1O. The van der Waals surface area contributed by atoms with Gasteiger partial charge in [-0.2, -0.15) is 0 Å². The van der Waals surface area contributed by atoms with E-state index in [0.29, 0.717) is 6.54 Å². The van der Waals surface area contributed by atoms with Crippen LogP contribution in [-0.4, -0.2) is 11.7 Å². The third-order valence-electron chi connectivity index (χ3n) is 1.79. The Hall–Kier alpha value is -1.93. The molecule has 4 heteroatoms. The van der Waals surface area contributed by atoms with Crippen LogP contribution in [-0.2, 0) is 0 Å². The van der Waals surface area contributed by atoms with Crippen LogP contribution < -0.4 is 0 Å². The average Bonchev–Trinajstić information content (AvgIpc) is 2.18. The predicted molar refractivity (Wildman–Crippen MR) is 55.9 cm³/mol. The molecule has 0 radical (unpaired) electrons. The van der Waals surface area contributed by atoms with E-state index in [1.807, 2.05) is 19.1 Å². The van der Waals surface area contributed by atoms with E-state index in [2.05, 4.69) is 10.0 Å². The van der Waals surface area contributed by atoms with E-state index in [1.54, 1.807) is 18.2 Å². The van der Waals surface area contributed by atoms with Gasteiger partial charge in [-0.15, -0.1) is 0 Å². The van der Waals surface area contributed by atoms with Crippen molar-refractivity contribution in [2.45, 2.75) is 6.92 Å². The highest BCUT2D eigenvalue weighted by Crippen LogP contribution is 2.17. The quantitative estimate of drug-likeness (QED) is 0.443. The number of azide groups is 1. The van der Waals surface area contributed by atoms with E-state index in [4.69, 9.17) is 5.53 Å². The number of rotatable bonds is 3. The molecule has 1 rings (SSSR count). The Morgan fingerprint density at radius 3 is 3.00 bits per heavy atom. The zero-order chi connectivity index (χ0) is 10.4. The smallest absolute Gasteiger partial charge is 0.119 e. The lowest BCUT2D eigenvalue weighted by Gasteiger charge is -1.98. The maximum Gasteiger partial charge on any atom is 0.119 e. The number of hydrogen-bond acceptors (Lipinski definition) is 2. The maximum atomic E-state index is 9.39. The summed E-state index contributed by atoms with van der Waals surface area (Å²) in [7, 11) is 0. The molecular weight excluding hydrogens is 178 g/mol. The summed E-state index contributed by atoms with van der Waals surface area (Å²) in [6, 6.07) is 5.39. The van der Waals surface area contributed by atoms with Gasteiger partial charge in [0.2, 0.25) is 0 Å². The summed E-state index contributed by atoms with van der Waals surface area (Å²) in [4.78, 5) is 2.62. The Kier molecular flexibility index (Phi) is 3.58. The molecule has 0 bridgehead atoms. The first-order valence-electron chi connectivity index (χ1n) is 4.21. The molecule has 72 valence electrons. The number of aromatic hydroxyl groups is 1. The number of phenolic OH excluding ortho intramolecular Hbond substituents is 1. The van der Waals surface area contributed by atoms with Crippen LogP contribution in [0.15, 0.2) is 29.4 Å². The highest BCUT2D eigenvalue weighted by Gasteiger charge is 1.94. The monoisotopic (exact) mass is 189 g/mol. The predicted octanol–water partition coefficient (Wildman–Crippen LogP) is 3.02. The summed E-state index contributed by atoms with van der Waals surface area (Å²) < 4.78 is 0. The normalized spacial score (nSPS) is 10.1. The Bertz CT molecular complexity index is 392. The first-order valence-corrected chi connectivity index (χ1v) is 4.21. The van der Waals surface area contributed by atoms with Crippen molar-refractivity contribution in [3.8, 4) is 5.75 Å². The average molecular weight is 189 g/mol. The molecule has 1 aromatic rings. The molecule has 0 aliphatic carbocycles. The fourth-order valence-corrected chi connectivity index (χ4v) is 1.00. The molecule has 0 fully saturated rings. The second-order valence-electron chi connectivity index (χ2n) is 2.86. The van der Waals surface area contributed by atoms with Crippen molar-refractivity contribution in [1.29, 1.82) is 0 Å². The Morgan fingerprint density at radius 1 is 1.57 bits per heavy atom. The number of nitrogens with zero attached hydrogens (tertiary/aromatic N) is 3. The third-order valence-corrected chi connectivity index (χ3v) is 1.79. The molecule has 0 saturated heterocycles. The topological polar surface area (TPSA) is 69.0 Å². The Balaban J connectivity index is 2.72. The number of aryl methyl sites for hydroxylation is 1. The summed E-state index contributed by atoms with van der Waals surface area (Å²) in [5.74, 6) is 0.274. The lowest BCUT2D eigenvalue weighted by atomic mass is 10.1. The second kappa shape index (κ2) is 4.94. The van der Waals surface area contributed by atoms with Gasteiger partial charge >= 0.3 is 0 Å². The van der Waals surface area contributed by atoms with Gasteiger partial charge in [0.15, 0.2) is 0 Å². The fraction of sp³-hybridized carbons (Fsp3) is 0.200. The number of benzene rings is 1. The van der Waals surface area contributed by atoms with E-state index >= 15 is 0 Å². The van der Waals surface area contributed by atoms with Crippen molar-refractivity contribution < 1.29 is 5.11 Å². The molecule has 1 aromatic carbocycles. The van der Waals surface area contributed by atoms with E-state index in [9.17, 15) is 5.11 Å². The van der Waals surface area contributed by atoms with Gasteiger partial charge in [0.05, 0.1) is 0 Å². The molecule has 0 aliphatic heterocycles. The fourth-order valence-electron chi connectivity index (χ4n) is 1.00. The number of phenols is 1. The number of hydrogen-bond donors (Lipinski definition) is 1. The second-order valence-corrected chi connectivity index (χ2v) is 2.86. The van der Waals surface area contributed by atoms with Crippen LogP contribution in [0.25, 0.3) is 16.5 Å². The van der Waals surface area contributed by atoms with Gasteiger partial charge in [-0.05, 0) is 29.6 Å². The van der Waals surface area contributed by atoms with Gasteiger partial charge in [-0.3, -0.25) is 0 Å². The highest BCUT2D eigenvalue weighted by atomic mass is 16.3. The molecule has 4 nitrogen and oxygen atoms in total. The molecule has 14 heavy (non-hydrogen) atoms. The van der Waals surface area contributed by atoms with Crippen molar-refractivity contribution >= 4 is 6.08 Å². The summed E-state index contributed by atoms with van der Waals surface area (Å²) in [6.07, 6.45) is 3.54. The van der Waals surface area contributed by atoms with Crippen molar-refractivity contribution in [1.82, 2.24) is 0 Å². The summed E-state index contributed by atoms with van der Waals surface area (Å²) in [6.45, 7) is 2.16. The highest BCUT2D eigenvalue weighted by molar-refractivity contribution is 5.53. The zero-order valence-electron chi connectivity index (χ0n) is 7.88. The van der Waals surface area contributed by atoms with E-state index < -0.39 is 0 Å². The molecule has 0 unspecified atom stereocenters. The van der Waals surface area contributed by atoms with Crippen molar-refractivity contribution in [2.75, 3.05) is 6.54 Å². The molecule has 0 atom stereocenters. The summed E-state index contributed by atoms with van der Waals surface area (Å²) in [5.41, 5.74) is 9.76. The zero-order valence-corrected chi connectivity index (χ0v) is 7.88. The standard InChI is InChI=1S/C10H11N3O/c1-8-4-5-9(7-10(8)14)3-2-6-12-13-11/h2-5,7,14H,6H2,1H3. The molecule has 0 amide bonds. The largest absolute Gasteiger partial charge is 0.508 e. The van der Waals surface area contributed by atoms with E-state index in [1.165, 1.54) is 0 Å². The van der Waals surface area contributed by atoms with Crippen LogP contribution >= 0.6 is 0 Å². The van der Waals surface area contributed by atoms with Crippen molar-refractivity contribution in [2.24, 2.45) is 5.11 Å². The van der Waals surface area contributed by atoms with Crippen LogP contribution in [0.2, 0.25) is 0 Å². The minimum Gasteiger partial charge on any atom is -0.508 e. The minimum absolute atomic E-state index is 0.274. The van der Waals surface area contributed by atoms with Crippen molar-refractivity contribution in [3.63, 3.8) is 0 Å². The van der Waals surface area contributed by atoms with E-state index in [-0.39, 0.29) is 5.75 Å². The van der Waals surface area contributed by atoms with Crippen LogP contribution in [0.5, 0.6) is 5.75 Å². The van der Waals surface area contributed by atoms with Gasteiger partial charge < -0.3 is 5.11 Å². The third kappa shape index (κ3) is 2.84. The van der Waals surface area contributed by atoms with Crippen LogP contribution in [0, 0.1) is 6.92 Å². The summed E-state index contributed by atoms with van der Waals surface area (Å²) in [5, 5.41) is 12.7. The van der Waals surface area contributed by atoms with Crippen LogP contribution in [0.4, 0.5) is 0 Å². The Morgan fingerprint density at radius 2 is 2.36 bits per heavy atom. The lowest BCUT2D eigenvalue weighted by Crippen LogP contribution is -1.77. The van der Waals surface area contributed by atoms with Crippen LogP contribution in [0.1, 0.15) is 11.1 Å². The molecular formula is C10H11N3O. The lowest BCUT2D eigenvalue weighted by molar-refractivity contribution is 0.471. The van der Waals surface area contributed by atoms with E-state index in [0.717, 1.165) is 11.1 Å². The molecule has 0 saturated carbocycles. The first-order chi connectivity index (χ1) is 6.74. The van der Waals surface area contributed by atoms with Gasteiger partial charge in [0.1, 0.15) is 5.75 Å². The van der Waals surface area contributed by atoms with Crippen molar-refractivity contribution in [3.05, 3.63) is 45.8 Å². The summed E-state index contributed by atoms with van der Waals surface area (Å²) >= 11 is 0. The van der Waals surface area contributed by atoms with Gasteiger partial charge in [0.25, 0.3) is 0 Å². The molecule has 0 aromatic heterocycles. The molecule has 1 N–H and O–H groups in total. The Labute approximate surface area is 82.1 Å². The van der Waals surface area contributed by atoms with Gasteiger partial charge in [-0.25, -0.2) is 0 Å². The molecule has 0 spiro atoms. The molecule has 0 heterocycles. The van der Waals surface area contributed by atoms with Gasteiger partial charge in [0, 0.05) is 11.5 Å². The minimum atomic E-state index is 0.274. The van der Waals surface area contributed by atoms with Crippen LogP contribution in [0.3, 0.4) is 0 Å².